The molecule has 14 nitrogen and oxygen atoms in total. The van der Waals surface area contributed by atoms with Gasteiger partial charge in [-0.1, -0.05) is 43.7 Å². The van der Waals surface area contributed by atoms with Crippen molar-refractivity contribution in [3.8, 4) is 5.75 Å². The van der Waals surface area contributed by atoms with Crippen molar-refractivity contribution in [2.24, 2.45) is 10.7 Å². The number of rotatable bonds is 23. The molecule has 0 saturated carbocycles. The maximum absolute atomic E-state index is 13.5. The number of carbonyl (C=O) groups is 3. The maximum Gasteiger partial charge on any atom is 0.251 e. The Labute approximate surface area is 359 Å². The van der Waals surface area contributed by atoms with Crippen molar-refractivity contribution in [1.29, 1.82) is 5.41 Å². The van der Waals surface area contributed by atoms with Gasteiger partial charge in [0.05, 0.1) is 31.4 Å². The van der Waals surface area contributed by atoms with Crippen LogP contribution in [-0.2, 0) is 20.7 Å². The topological polar surface area (TPSA) is 193 Å². The van der Waals surface area contributed by atoms with E-state index in [0.29, 0.717) is 73.9 Å². The minimum Gasteiger partial charge on any atom is -0.494 e. The van der Waals surface area contributed by atoms with Crippen LogP contribution in [0, 0.1) is 5.41 Å². The summed E-state index contributed by atoms with van der Waals surface area (Å²) in [6.45, 7) is 7.32. The lowest BCUT2D eigenvalue weighted by Gasteiger charge is -2.41. The monoisotopic (exact) mass is 832 g/mol. The van der Waals surface area contributed by atoms with Gasteiger partial charge in [0.1, 0.15) is 24.5 Å². The average Bonchev–Trinajstić information content (AvgIpc) is 3.27. The quantitative estimate of drug-likeness (QED) is 0.0229. The number of aromatic nitrogens is 1. The molecular weight excluding hydrogens is 773 g/mol. The zero-order chi connectivity index (χ0) is 43.5. The van der Waals surface area contributed by atoms with Crippen LogP contribution in [-0.4, -0.2) is 98.4 Å². The summed E-state index contributed by atoms with van der Waals surface area (Å²) in [7, 11) is 2.07. The molecule has 5 rings (SSSR count). The highest BCUT2D eigenvalue weighted by Gasteiger charge is 2.38. The largest absolute Gasteiger partial charge is 0.494 e. The first kappa shape index (κ1) is 46.1. The number of nitrogens with two attached hydrogens (primary N) is 1. The number of piperidine rings is 1. The van der Waals surface area contributed by atoms with Gasteiger partial charge in [0.15, 0.2) is 5.84 Å². The van der Waals surface area contributed by atoms with E-state index in [1.807, 2.05) is 56.3 Å². The van der Waals surface area contributed by atoms with Crippen LogP contribution in [0.4, 0.5) is 11.4 Å². The van der Waals surface area contributed by atoms with Crippen LogP contribution < -0.4 is 26.4 Å². The molecule has 0 aliphatic carbocycles. The standard InChI is InChI=1S/C47H60N8O6/c1-4-41-38(32-56)14-11-17-42(41)52-43(57)33-60-29-28-59-26-7-5-6-8-27-61-40-16-10-12-36(31-40)34(2)51-45(58)37-13-9-15-39(30-37)54-47(20-24-55(3)25-21-47)46(49)53-44(48)35-18-22-50-23-19-35/h9-19,22-23,30-32,34,54H,4-8,20-21,24-29,33H2,1-3H3,(H,51,58)(H,52,57)(H3,48,49,53). The third-order valence-corrected chi connectivity index (χ3v) is 10.8. The van der Waals surface area contributed by atoms with Gasteiger partial charge in [-0.25, -0.2) is 4.99 Å². The van der Waals surface area contributed by atoms with Gasteiger partial charge in [0, 0.05) is 60.2 Å². The van der Waals surface area contributed by atoms with Crippen LogP contribution in [0.3, 0.4) is 0 Å². The van der Waals surface area contributed by atoms with Crippen molar-refractivity contribution >= 4 is 41.1 Å². The number of nitrogens with one attached hydrogen (secondary N) is 4. The number of aliphatic imine (C=N–C) groups is 1. The molecule has 324 valence electrons. The van der Waals surface area contributed by atoms with Gasteiger partial charge in [0.2, 0.25) is 5.91 Å². The maximum atomic E-state index is 13.5. The van der Waals surface area contributed by atoms with Crippen LogP contribution in [0.5, 0.6) is 5.75 Å². The molecule has 0 spiro atoms. The van der Waals surface area contributed by atoms with E-state index in [4.69, 9.17) is 25.4 Å². The third kappa shape index (κ3) is 14.1. The summed E-state index contributed by atoms with van der Waals surface area (Å²) in [6, 6.07) is 23.6. The van der Waals surface area contributed by atoms with E-state index in [1.165, 1.54) is 0 Å². The Morgan fingerprint density at radius 1 is 0.918 bits per heavy atom. The second kappa shape index (κ2) is 23.7. The highest BCUT2D eigenvalue weighted by molar-refractivity contribution is 6.07. The Kier molecular flexibility index (Phi) is 17.9. The summed E-state index contributed by atoms with van der Waals surface area (Å²) in [4.78, 5) is 47.9. The number of hydrogen-bond acceptors (Lipinski definition) is 10. The number of anilines is 2. The predicted octanol–water partition coefficient (Wildman–Crippen LogP) is 6.82. The number of ether oxygens (including phenoxy) is 3. The average molecular weight is 833 g/mol. The van der Waals surface area contributed by atoms with Gasteiger partial charge < -0.3 is 40.8 Å². The summed E-state index contributed by atoms with van der Waals surface area (Å²) in [5, 5.41) is 18.1. The Morgan fingerprint density at radius 2 is 1.64 bits per heavy atom. The molecule has 61 heavy (non-hydrogen) atoms. The number of carbonyl (C=O) groups excluding carboxylic acids is 3. The third-order valence-electron chi connectivity index (χ3n) is 10.8. The van der Waals surface area contributed by atoms with Gasteiger partial charge >= 0.3 is 0 Å². The highest BCUT2D eigenvalue weighted by atomic mass is 16.5. The molecule has 1 atom stereocenters. The normalized spacial score (nSPS) is 14.4. The highest BCUT2D eigenvalue weighted by Crippen LogP contribution is 2.29. The second-order valence-corrected chi connectivity index (χ2v) is 15.3. The Hall–Kier alpha value is -5.96. The molecular formula is C47H60N8O6. The summed E-state index contributed by atoms with van der Waals surface area (Å²) in [5.41, 5.74) is 10.8. The molecule has 14 heteroatoms. The van der Waals surface area contributed by atoms with Crippen molar-refractivity contribution in [2.45, 2.75) is 70.4 Å². The molecule has 1 saturated heterocycles. The molecule has 1 aliphatic heterocycles. The van der Waals surface area contributed by atoms with Crippen molar-refractivity contribution in [3.63, 3.8) is 0 Å². The van der Waals surface area contributed by atoms with E-state index in [-0.39, 0.29) is 30.3 Å². The van der Waals surface area contributed by atoms with Gasteiger partial charge in [-0.3, -0.25) is 24.8 Å². The Balaban J connectivity index is 0.992. The number of amides is 2. The SMILES string of the molecule is CCc1c(C=O)cccc1NC(=O)COCCOCCCCCCOc1cccc(C(C)NC(=O)c2cccc(NC3(C(N)=NC(=N)c4ccncc4)CCN(C)CC3)c2)c1. The number of amidine groups is 2. The fraction of sp³-hybridized carbons (Fsp3) is 0.404. The minimum absolute atomic E-state index is 0.0718. The molecule has 3 aromatic carbocycles. The first-order valence-corrected chi connectivity index (χ1v) is 21.1. The number of hydrogen-bond donors (Lipinski definition) is 5. The van der Waals surface area contributed by atoms with Crippen molar-refractivity contribution in [2.75, 3.05) is 63.8 Å². The van der Waals surface area contributed by atoms with Crippen LogP contribution in [0.25, 0.3) is 0 Å². The first-order chi connectivity index (χ1) is 29.6. The summed E-state index contributed by atoms with van der Waals surface area (Å²) in [5.74, 6) is 0.686. The van der Waals surface area contributed by atoms with E-state index in [9.17, 15) is 14.4 Å². The summed E-state index contributed by atoms with van der Waals surface area (Å²) in [6.07, 6.45) is 9.88. The van der Waals surface area contributed by atoms with Crippen LogP contribution in [0.1, 0.15) is 95.8 Å². The van der Waals surface area contributed by atoms with Crippen LogP contribution >= 0.6 is 0 Å². The molecule has 2 amide bonds. The zero-order valence-electron chi connectivity index (χ0n) is 35.6. The zero-order valence-corrected chi connectivity index (χ0v) is 35.6. The number of unbranched alkanes of at least 4 members (excludes halogenated alkanes) is 3. The lowest BCUT2D eigenvalue weighted by atomic mass is 9.85. The number of nitrogens with zero attached hydrogens (tertiary/aromatic N) is 3. The molecule has 1 fully saturated rings. The Bertz CT molecular complexity index is 2090. The van der Waals surface area contributed by atoms with Crippen LogP contribution in [0.2, 0.25) is 0 Å². The Morgan fingerprint density at radius 3 is 2.39 bits per heavy atom. The lowest BCUT2D eigenvalue weighted by Crippen LogP contribution is -2.56. The summed E-state index contributed by atoms with van der Waals surface area (Å²) >= 11 is 0. The molecule has 1 unspecified atom stereocenters. The number of pyridine rings is 1. The second-order valence-electron chi connectivity index (χ2n) is 15.3. The smallest absolute Gasteiger partial charge is 0.251 e. The first-order valence-electron chi connectivity index (χ1n) is 21.1. The van der Waals surface area contributed by atoms with E-state index in [2.05, 4.69) is 37.9 Å². The van der Waals surface area contributed by atoms with Gasteiger partial charge in [0.25, 0.3) is 5.91 Å². The van der Waals surface area contributed by atoms with Crippen molar-refractivity contribution < 1.29 is 28.6 Å². The fourth-order valence-electron chi connectivity index (χ4n) is 7.15. The van der Waals surface area contributed by atoms with E-state index in [1.54, 1.807) is 48.8 Å². The van der Waals surface area contributed by atoms with E-state index < -0.39 is 5.54 Å². The van der Waals surface area contributed by atoms with Gasteiger partial charge in [-0.05, 0) is 112 Å². The molecule has 1 aliphatic rings. The number of likely N-dealkylation sites (tertiary alicyclic amines) is 1. The van der Waals surface area contributed by atoms with Crippen LogP contribution in [0.15, 0.2) is 96.2 Å². The number of benzene rings is 3. The predicted molar refractivity (Wildman–Crippen MR) is 240 cm³/mol. The molecule has 1 aromatic heterocycles. The molecule has 4 aromatic rings. The molecule has 0 bridgehead atoms. The fourth-order valence-corrected chi connectivity index (χ4v) is 7.15. The summed E-state index contributed by atoms with van der Waals surface area (Å²) < 4.78 is 17.2. The van der Waals surface area contributed by atoms with Crippen molar-refractivity contribution in [3.05, 3.63) is 119 Å². The van der Waals surface area contributed by atoms with E-state index >= 15 is 0 Å². The minimum atomic E-state index is -0.684. The van der Waals surface area contributed by atoms with E-state index in [0.717, 1.165) is 67.6 Å². The van der Waals surface area contributed by atoms with Gasteiger partial charge in [-0.2, -0.15) is 0 Å². The molecule has 2 heterocycles. The van der Waals surface area contributed by atoms with Crippen molar-refractivity contribution in [1.82, 2.24) is 15.2 Å². The number of aldehydes is 1. The molecule has 6 N–H and O–H groups in total. The van der Waals surface area contributed by atoms with Gasteiger partial charge in [-0.15, -0.1) is 0 Å². The molecule has 0 radical (unpaired) electrons. The lowest BCUT2D eigenvalue weighted by molar-refractivity contribution is -0.121.